The molecule has 0 spiro atoms. The number of rotatable bonds is 7. The minimum atomic E-state index is -0.376. The molecule has 6 heteroatoms. The zero-order valence-electron chi connectivity index (χ0n) is 20.0. The number of carbonyl (C=O) groups excluding carboxylic acids is 1. The molecule has 1 N–H and O–H groups in total. The molecule has 1 aromatic heterocycles. The van der Waals surface area contributed by atoms with Gasteiger partial charge >= 0.3 is 0 Å². The van der Waals surface area contributed by atoms with Gasteiger partial charge in [-0.05, 0) is 43.0 Å². The van der Waals surface area contributed by atoms with Crippen LogP contribution in [0.2, 0.25) is 5.02 Å². The van der Waals surface area contributed by atoms with Gasteiger partial charge < -0.3 is 5.32 Å². The highest BCUT2D eigenvalue weighted by molar-refractivity contribution is 6.31. The van der Waals surface area contributed by atoms with E-state index in [-0.39, 0.29) is 18.0 Å². The van der Waals surface area contributed by atoms with Crippen molar-refractivity contribution in [1.29, 1.82) is 0 Å². The van der Waals surface area contributed by atoms with E-state index in [4.69, 9.17) is 16.7 Å². The van der Waals surface area contributed by atoms with Gasteiger partial charge in [-0.3, -0.25) is 14.4 Å². The van der Waals surface area contributed by atoms with Crippen LogP contribution >= 0.6 is 11.6 Å². The molecule has 35 heavy (non-hydrogen) atoms. The summed E-state index contributed by atoms with van der Waals surface area (Å²) in [6.45, 7) is 4.97. The third kappa shape index (κ3) is 5.26. The average molecular weight is 487 g/mol. The number of carbonyl (C=O) groups is 1. The topological polar surface area (TPSA) is 50.2 Å². The molecule has 1 aliphatic heterocycles. The number of fused-ring (bicyclic) bond motifs is 1. The van der Waals surface area contributed by atoms with Crippen LogP contribution in [-0.4, -0.2) is 39.7 Å². The molecule has 1 aliphatic rings. The standard InChI is InChI=1S/C29H31ClN4O/c1-2-26(29(35)31-24-15-17-33(18-16-24)20-21-9-5-3-6-10-21)34-27-14-13-23(30)19-25(27)28(32-34)22-11-7-4-8-12-22/h3-14,19,24,26H,2,15-18,20H2,1H3,(H,31,35)/t26-/m0/s1. The van der Waals surface area contributed by atoms with Crippen LogP contribution in [0.25, 0.3) is 22.2 Å². The normalized spacial score (nSPS) is 15.8. The van der Waals surface area contributed by atoms with E-state index in [1.54, 1.807) is 0 Å². The maximum absolute atomic E-state index is 13.5. The van der Waals surface area contributed by atoms with Crippen LogP contribution in [0.5, 0.6) is 0 Å². The van der Waals surface area contributed by atoms with E-state index < -0.39 is 0 Å². The number of benzene rings is 3. The predicted molar refractivity (Wildman–Crippen MR) is 142 cm³/mol. The highest BCUT2D eigenvalue weighted by atomic mass is 35.5. The van der Waals surface area contributed by atoms with Gasteiger partial charge in [0.1, 0.15) is 11.7 Å². The fraction of sp³-hybridized carbons (Fsp3) is 0.310. The number of nitrogens with zero attached hydrogens (tertiary/aromatic N) is 3. The highest BCUT2D eigenvalue weighted by Crippen LogP contribution is 2.32. The number of hydrogen-bond acceptors (Lipinski definition) is 3. The SMILES string of the molecule is CC[C@@H](C(=O)NC1CCN(Cc2ccccc2)CC1)n1nc(-c2ccccc2)c2cc(Cl)ccc21. The Kier molecular flexibility index (Phi) is 7.16. The molecule has 1 fully saturated rings. The van der Waals surface area contributed by atoms with Crippen molar-refractivity contribution in [3.63, 3.8) is 0 Å². The Morgan fingerprint density at radius 1 is 1.03 bits per heavy atom. The number of nitrogens with one attached hydrogen (secondary N) is 1. The van der Waals surface area contributed by atoms with Crippen LogP contribution < -0.4 is 5.32 Å². The van der Waals surface area contributed by atoms with Gasteiger partial charge in [0.2, 0.25) is 5.91 Å². The third-order valence-electron chi connectivity index (χ3n) is 6.88. The number of piperidine rings is 1. The predicted octanol–water partition coefficient (Wildman–Crippen LogP) is 6.09. The molecule has 2 heterocycles. The zero-order chi connectivity index (χ0) is 24.2. The molecule has 1 amide bonds. The number of likely N-dealkylation sites (tertiary alicyclic amines) is 1. The van der Waals surface area contributed by atoms with Gasteiger partial charge in [0.25, 0.3) is 0 Å². The molecule has 0 bridgehead atoms. The Morgan fingerprint density at radius 3 is 2.40 bits per heavy atom. The van der Waals surface area contributed by atoms with Crippen LogP contribution in [0.4, 0.5) is 0 Å². The quantitative estimate of drug-likeness (QED) is 0.344. The Hall–Kier alpha value is -3.15. The number of halogens is 1. The Balaban J connectivity index is 1.31. The number of hydrogen-bond donors (Lipinski definition) is 1. The van der Waals surface area contributed by atoms with Crippen LogP contribution in [0, 0.1) is 0 Å². The van der Waals surface area contributed by atoms with Crippen molar-refractivity contribution >= 4 is 28.4 Å². The van der Waals surface area contributed by atoms with Crippen molar-refractivity contribution in [2.45, 2.75) is 44.8 Å². The van der Waals surface area contributed by atoms with Crippen molar-refractivity contribution < 1.29 is 4.79 Å². The van der Waals surface area contributed by atoms with Crippen LogP contribution in [0.15, 0.2) is 78.9 Å². The number of aromatic nitrogens is 2. The lowest BCUT2D eigenvalue weighted by atomic mass is 10.0. The summed E-state index contributed by atoms with van der Waals surface area (Å²) < 4.78 is 1.88. The van der Waals surface area contributed by atoms with Gasteiger partial charge in [-0.2, -0.15) is 5.10 Å². The Morgan fingerprint density at radius 2 is 1.71 bits per heavy atom. The summed E-state index contributed by atoms with van der Waals surface area (Å²) in [5, 5.41) is 9.88. The first-order chi connectivity index (χ1) is 17.1. The summed E-state index contributed by atoms with van der Waals surface area (Å²) in [6, 6.07) is 26.2. The molecule has 1 saturated heterocycles. The molecule has 3 aromatic carbocycles. The lowest BCUT2D eigenvalue weighted by molar-refractivity contribution is -0.125. The Labute approximate surface area is 211 Å². The van der Waals surface area contributed by atoms with Gasteiger partial charge in [0, 0.05) is 41.6 Å². The summed E-state index contributed by atoms with van der Waals surface area (Å²) >= 11 is 6.33. The molecule has 180 valence electrons. The first-order valence-electron chi connectivity index (χ1n) is 12.4. The van der Waals surface area contributed by atoms with E-state index in [0.717, 1.165) is 54.6 Å². The first kappa shape index (κ1) is 23.6. The summed E-state index contributed by atoms with van der Waals surface area (Å²) in [7, 11) is 0. The molecule has 0 unspecified atom stereocenters. The monoisotopic (exact) mass is 486 g/mol. The molecule has 5 nitrogen and oxygen atoms in total. The van der Waals surface area contributed by atoms with Crippen molar-refractivity contribution in [2.75, 3.05) is 13.1 Å². The molecular weight excluding hydrogens is 456 g/mol. The third-order valence-corrected chi connectivity index (χ3v) is 7.12. The fourth-order valence-corrected chi connectivity index (χ4v) is 5.18. The maximum atomic E-state index is 13.5. The van der Waals surface area contributed by atoms with Crippen molar-refractivity contribution in [2.24, 2.45) is 0 Å². The summed E-state index contributed by atoms with van der Waals surface area (Å²) in [5.41, 5.74) is 4.12. The second kappa shape index (κ2) is 10.6. The van der Waals surface area contributed by atoms with Crippen molar-refractivity contribution in [3.05, 3.63) is 89.4 Å². The smallest absolute Gasteiger partial charge is 0.245 e. The highest BCUT2D eigenvalue weighted by Gasteiger charge is 2.27. The summed E-state index contributed by atoms with van der Waals surface area (Å²) in [6.07, 6.45) is 2.58. The maximum Gasteiger partial charge on any atom is 0.245 e. The fourth-order valence-electron chi connectivity index (χ4n) is 5.00. The second-order valence-corrected chi connectivity index (χ2v) is 9.73. The van der Waals surface area contributed by atoms with Crippen molar-refractivity contribution in [3.8, 4) is 11.3 Å². The van der Waals surface area contributed by atoms with Gasteiger partial charge in [-0.25, -0.2) is 0 Å². The molecule has 1 atom stereocenters. The van der Waals surface area contributed by atoms with Crippen LogP contribution in [-0.2, 0) is 11.3 Å². The largest absolute Gasteiger partial charge is 0.351 e. The zero-order valence-corrected chi connectivity index (χ0v) is 20.8. The summed E-state index contributed by atoms with van der Waals surface area (Å²) in [4.78, 5) is 15.9. The minimum absolute atomic E-state index is 0.0352. The lowest BCUT2D eigenvalue weighted by Gasteiger charge is -2.33. The minimum Gasteiger partial charge on any atom is -0.351 e. The molecular formula is C29H31ClN4O. The average Bonchev–Trinajstić information content (AvgIpc) is 3.25. The van der Waals surface area contributed by atoms with Gasteiger partial charge in [0.05, 0.1) is 5.52 Å². The van der Waals surface area contributed by atoms with E-state index >= 15 is 0 Å². The van der Waals surface area contributed by atoms with Crippen LogP contribution in [0.1, 0.15) is 37.8 Å². The molecule has 4 aromatic rings. The van der Waals surface area contributed by atoms with E-state index in [1.165, 1.54) is 5.56 Å². The van der Waals surface area contributed by atoms with E-state index in [9.17, 15) is 4.79 Å². The van der Waals surface area contributed by atoms with E-state index in [2.05, 4.69) is 40.5 Å². The molecule has 0 saturated carbocycles. The van der Waals surface area contributed by atoms with Crippen LogP contribution in [0.3, 0.4) is 0 Å². The first-order valence-corrected chi connectivity index (χ1v) is 12.8. The van der Waals surface area contributed by atoms with E-state index in [0.29, 0.717) is 11.4 Å². The van der Waals surface area contributed by atoms with Gasteiger partial charge in [0.15, 0.2) is 0 Å². The summed E-state index contributed by atoms with van der Waals surface area (Å²) in [5.74, 6) is 0.0352. The van der Waals surface area contributed by atoms with Gasteiger partial charge in [-0.1, -0.05) is 79.2 Å². The molecule has 0 aliphatic carbocycles. The van der Waals surface area contributed by atoms with Crippen molar-refractivity contribution in [1.82, 2.24) is 20.0 Å². The van der Waals surface area contributed by atoms with Gasteiger partial charge in [-0.15, -0.1) is 0 Å². The lowest BCUT2D eigenvalue weighted by Crippen LogP contribution is -2.46. The Bertz CT molecular complexity index is 1280. The molecule has 0 radical (unpaired) electrons. The molecule has 5 rings (SSSR count). The van der Waals surface area contributed by atoms with E-state index in [1.807, 2.05) is 60.1 Å². The number of amides is 1. The second-order valence-electron chi connectivity index (χ2n) is 9.29.